The van der Waals surface area contributed by atoms with Gasteiger partial charge in [0.1, 0.15) is 5.75 Å². The van der Waals surface area contributed by atoms with E-state index in [2.05, 4.69) is 5.32 Å². The van der Waals surface area contributed by atoms with Gasteiger partial charge < -0.3 is 10.1 Å². The fraction of sp³-hybridized carbons (Fsp3) is 0.417. The van der Waals surface area contributed by atoms with Crippen LogP contribution >= 0.6 is 0 Å². The van der Waals surface area contributed by atoms with Crippen LogP contribution in [0.2, 0.25) is 0 Å². The zero-order valence-corrected chi connectivity index (χ0v) is 10.9. The maximum Gasteiger partial charge on any atom is 0.228 e. The Morgan fingerprint density at radius 1 is 1.44 bits per heavy atom. The van der Waals surface area contributed by atoms with E-state index in [1.165, 1.54) is 0 Å². The molecule has 1 aromatic carbocycles. The number of rotatable bonds is 3. The van der Waals surface area contributed by atoms with Gasteiger partial charge in [-0.2, -0.15) is 0 Å². The van der Waals surface area contributed by atoms with E-state index in [0.29, 0.717) is 17.9 Å². The second kappa shape index (κ2) is 4.97. The summed E-state index contributed by atoms with van der Waals surface area (Å²) in [7, 11) is -1.49. The molecule has 0 bridgehead atoms. The first-order chi connectivity index (χ1) is 8.50. The zero-order chi connectivity index (χ0) is 13.2. The Morgan fingerprint density at radius 2 is 2.22 bits per heavy atom. The Balaban J connectivity index is 2.03. The maximum absolute atomic E-state index is 11.9. The lowest BCUT2D eigenvalue weighted by molar-refractivity contribution is -0.119. The highest BCUT2D eigenvalue weighted by Gasteiger charge is 2.32. The highest BCUT2D eigenvalue weighted by molar-refractivity contribution is 7.91. The summed E-state index contributed by atoms with van der Waals surface area (Å²) in [6.45, 7) is 0. The van der Waals surface area contributed by atoms with Crippen molar-refractivity contribution in [2.45, 2.75) is 6.42 Å². The predicted octanol–water partition coefficient (Wildman–Crippen LogP) is 1.07. The first kappa shape index (κ1) is 12.9. The summed E-state index contributed by atoms with van der Waals surface area (Å²) in [6, 6.07) is 6.97. The molecule has 0 aromatic heterocycles. The molecule has 1 aromatic rings. The van der Waals surface area contributed by atoms with Crippen LogP contribution in [0.15, 0.2) is 24.3 Å². The van der Waals surface area contributed by atoms with E-state index in [-0.39, 0.29) is 17.4 Å². The third kappa shape index (κ3) is 3.01. The van der Waals surface area contributed by atoms with Crippen LogP contribution in [-0.4, -0.2) is 32.9 Å². The number of ether oxygens (including phenoxy) is 1. The molecule has 0 unspecified atom stereocenters. The molecule has 0 aliphatic carbocycles. The van der Waals surface area contributed by atoms with E-state index >= 15 is 0 Å². The van der Waals surface area contributed by atoms with Crippen molar-refractivity contribution < 1.29 is 17.9 Å². The largest absolute Gasteiger partial charge is 0.497 e. The van der Waals surface area contributed by atoms with E-state index in [0.717, 1.165) is 0 Å². The second-order valence-electron chi connectivity index (χ2n) is 4.32. The molecule has 1 N–H and O–H groups in total. The minimum Gasteiger partial charge on any atom is -0.497 e. The first-order valence-electron chi connectivity index (χ1n) is 5.65. The molecule has 0 radical (unpaired) electrons. The number of anilines is 1. The smallest absolute Gasteiger partial charge is 0.228 e. The van der Waals surface area contributed by atoms with Gasteiger partial charge in [-0.05, 0) is 18.6 Å². The summed E-state index contributed by atoms with van der Waals surface area (Å²) >= 11 is 0. The third-order valence-corrected chi connectivity index (χ3v) is 4.71. The Labute approximate surface area is 106 Å². The van der Waals surface area contributed by atoms with Crippen LogP contribution in [0.25, 0.3) is 0 Å². The number of benzene rings is 1. The predicted molar refractivity (Wildman–Crippen MR) is 68.4 cm³/mol. The van der Waals surface area contributed by atoms with Crippen molar-refractivity contribution in [1.29, 1.82) is 0 Å². The minimum absolute atomic E-state index is 0.0528. The van der Waals surface area contributed by atoms with Crippen molar-refractivity contribution in [2.24, 2.45) is 5.92 Å². The molecule has 1 saturated heterocycles. The number of hydrogen-bond acceptors (Lipinski definition) is 4. The van der Waals surface area contributed by atoms with Crippen LogP contribution in [0, 0.1) is 5.92 Å². The minimum atomic E-state index is -3.03. The molecule has 1 heterocycles. The monoisotopic (exact) mass is 269 g/mol. The molecule has 1 atom stereocenters. The number of hydrogen-bond donors (Lipinski definition) is 1. The van der Waals surface area contributed by atoms with Gasteiger partial charge in [0.05, 0.1) is 24.5 Å². The van der Waals surface area contributed by atoms with Crippen molar-refractivity contribution in [2.75, 3.05) is 23.9 Å². The molecule has 6 heteroatoms. The van der Waals surface area contributed by atoms with E-state index in [1.54, 1.807) is 31.4 Å². The van der Waals surface area contributed by atoms with Gasteiger partial charge in [-0.15, -0.1) is 0 Å². The quantitative estimate of drug-likeness (QED) is 0.891. The first-order valence-corrected chi connectivity index (χ1v) is 7.48. The highest BCUT2D eigenvalue weighted by atomic mass is 32.2. The fourth-order valence-corrected chi connectivity index (χ4v) is 3.69. The molecule has 5 nitrogen and oxygen atoms in total. The van der Waals surface area contributed by atoms with E-state index < -0.39 is 15.8 Å². The zero-order valence-electron chi connectivity index (χ0n) is 10.0. The van der Waals surface area contributed by atoms with Crippen LogP contribution in [0.1, 0.15) is 6.42 Å². The Bertz CT molecular complexity index is 553. The Kier molecular flexibility index (Phi) is 3.56. The van der Waals surface area contributed by atoms with Crippen LogP contribution in [0.5, 0.6) is 5.75 Å². The molecule has 1 amide bonds. The lowest BCUT2D eigenvalue weighted by Crippen LogP contribution is -2.23. The maximum atomic E-state index is 11.9. The number of carbonyl (C=O) groups is 1. The van der Waals surface area contributed by atoms with Gasteiger partial charge in [-0.3, -0.25) is 4.79 Å². The lowest BCUT2D eigenvalue weighted by atomic mass is 10.1. The van der Waals surface area contributed by atoms with E-state index in [4.69, 9.17) is 4.74 Å². The average Bonchev–Trinajstić information content (AvgIpc) is 2.70. The van der Waals surface area contributed by atoms with Gasteiger partial charge in [0, 0.05) is 11.8 Å². The number of carbonyl (C=O) groups excluding carboxylic acids is 1. The molecular formula is C12H15NO4S. The van der Waals surface area contributed by atoms with Crippen molar-refractivity contribution in [3.05, 3.63) is 24.3 Å². The number of amides is 1. The molecule has 98 valence electrons. The van der Waals surface area contributed by atoms with Crippen LogP contribution in [-0.2, 0) is 14.6 Å². The molecule has 1 aliphatic heterocycles. The summed E-state index contributed by atoms with van der Waals surface area (Å²) in [5.74, 6) is 0.00352. The normalized spacial score (nSPS) is 21.5. The van der Waals surface area contributed by atoms with Crippen molar-refractivity contribution in [1.82, 2.24) is 0 Å². The van der Waals surface area contributed by atoms with Gasteiger partial charge >= 0.3 is 0 Å². The van der Waals surface area contributed by atoms with Crippen LogP contribution in [0.3, 0.4) is 0 Å². The Morgan fingerprint density at radius 3 is 2.83 bits per heavy atom. The molecular weight excluding hydrogens is 254 g/mol. The van der Waals surface area contributed by atoms with E-state index in [1.807, 2.05) is 0 Å². The number of methoxy groups -OCH3 is 1. The summed E-state index contributed by atoms with van der Waals surface area (Å²) in [4.78, 5) is 11.9. The highest BCUT2D eigenvalue weighted by Crippen LogP contribution is 2.22. The van der Waals surface area contributed by atoms with Crippen molar-refractivity contribution in [3.8, 4) is 5.75 Å². The SMILES string of the molecule is COc1cccc(NC(=O)[C@H]2CCS(=O)(=O)C2)c1. The molecule has 2 rings (SSSR count). The van der Waals surface area contributed by atoms with Gasteiger partial charge in [-0.1, -0.05) is 6.07 Å². The second-order valence-corrected chi connectivity index (χ2v) is 6.55. The van der Waals surface area contributed by atoms with Crippen molar-refractivity contribution in [3.63, 3.8) is 0 Å². The number of sulfone groups is 1. The van der Waals surface area contributed by atoms with Crippen LogP contribution in [0.4, 0.5) is 5.69 Å². The summed E-state index contributed by atoms with van der Waals surface area (Å²) in [5, 5.41) is 2.71. The Hall–Kier alpha value is -1.56. The number of nitrogens with one attached hydrogen (secondary N) is 1. The molecule has 0 saturated carbocycles. The summed E-state index contributed by atoms with van der Waals surface area (Å²) < 4.78 is 27.6. The molecule has 1 fully saturated rings. The molecule has 0 spiro atoms. The van der Waals surface area contributed by atoms with Gasteiger partial charge in [0.2, 0.25) is 5.91 Å². The molecule has 18 heavy (non-hydrogen) atoms. The molecule has 1 aliphatic rings. The van der Waals surface area contributed by atoms with E-state index in [9.17, 15) is 13.2 Å². The van der Waals surface area contributed by atoms with Gasteiger partial charge in [0.25, 0.3) is 0 Å². The average molecular weight is 269 g/mol. The van der Waals surface area contributed by atoms with Gasteiger partial charge in [-0.25, -0.2) is 8.42 Å². The topological polar surface area (TPSA) is 72.5 Å². The summed E-state index contributed by atoms with van der Waals surface area (Å²) in [5.41, 5.74) is 0.614. The standard InChI is InChI=1S/C12H15NO4S/c1-17-11-4-2-3-10(7-11)13-12(14)9-5-6-18(15,16)8-9/h2-4,7,9H,5-6,8H2,1H3,(H,13,14)/t9-/m0/s1. The van der Waals surface area contributed by atoms with Gasteiger partial charge in [0.15, 0.2) is 9.84 Å². The lowest BCUT2D eigenvalue weighted by Gasteiger charge is -2.10. The third-order valence-electron chi connectivity index (χ3n) is 2.94. The van der Waals surface area contributed by atoms with Crippen molar-refractivity contribution >= 4 is 21.4 Å². The van der Waals surface area contributed by atoms with Crippen LogP contribution < -0.4 is 10.1 Å². The fourth-order valence-electron chi connectivity index (χ4n) is 1.95. The summed E-state index contributed by atoms with van der Waals surface area (Å²) in [6.07, 6.45) is 0.401.